The van der Waals surface area contributed by atoms with Crippen molar-refractivity contribution in [3.8, 4) is 0 Å². The number of rotatable bonds is 54. The van der Waals surface area contributed by atoms with Crippen molar-refractivity contribution in [2.75, 3.05) is 40.9 Å². The Balaban J connectivity index is 5.23. The number of quaternary nitrogens is 1. The Morgan fingerprint density at radius 3 is 1.25 bits per heavy atom. The molecule has 408 valence electrons. The molecule has 1 N–H and O–H groups in total. The van der Waals surface area contributed by atoms with Crippen LogP contribution in [0.3, 0.4) is 0 Å². The average molecular weight is 996 g/mol. The number of amides is 1. The van der Waals surface area contributed by atoms with Crippen LogP contribution in [0.15, 0.2) is 24.3 Å². The van der Waals surface area contributed by atoms with Gasteiger partial charge in [-0.15, -0.1) is 0 Å². The fourth-order valence-electron chi connectivity index (χ4n) is 8.75. The summed E-state index contributed by atoms with van der Waals surface area (Å²) < 4.78 is 30.2. The number of unbranched alkanes of at least 4 members (excludes halogenated alkanes) is 36. The van der Waals surface area contributed by atoms with Crippen LogP contribution in [0.1, 0.15) is 290 Å². The normalized spacial score (nSPS) is 13.9. The van der Waals surface area contributed by atoms with Gasteiger partial charge in [0.25, 0.3) is 7.82 Å². The Morgan fingerprint density at radius 2 is 0.841 bits per heavy atom. The van der Waals surface area contributed by atoms with Crippen molar-refractivity contribution in [2.45, 2.75) is 303 Å². The van der Waals surface area contributed by atoms with E-state index in [0.29, 0.717) is 17.4 Å². The van der Waals surface area contributed by atoms with Gasteiger partial charge in [-0.25, -0.2) is 0 Å². The number of carbonyl (C=O) groups is 2. The van der Waals surface area contributed by atoms with Gasteiger partial charge in [-0.1, -0.05) is 244 Å². The Hall–Kier alpha value is -1.51. The summed E-state index contributed by atoms with van der Waals surface area (Å²) in [6.45, 7) is 6.84. The molecule has 0 saturated heterocycles. The third kappa shape index (κ3) is 51.2. The topological polar surface area (TPSA) is 114 Å². The van der Waals surface area contributed by atoms with Gasteiger partial charge < -0.3 is 28.5 Å². The van der Waals surface area contributed by atoms with Crippen molar-refractivity contribution >= 4 is 19.7 Å². The SMILES string of the molecule is CCCCCCCC/C=C\CCCCCC(=O)NC(COP(=O)([O-])OCC[N+](C)(C)C)C(/C=C\CCCCCCCCCCC)OC(=O)CCCCCCCCCCCCCCCCCCCCC. The van der Waals surface area contributed by atoms with Crippen molar-refractivity contribution in [3.63, 3.8) is 0 Å². The van der Waals surface area contributed by atoms with Gasteiger partial charge in [0.1, 0.15) is 19.3 Å². The number of hydrogen-bond donors (Lipinski definition) is 1. The number of carbonyl (C=O) groups excluding carboxylic acids is 2. The number of hydrogen-bond acceptors (Lipinski definition) is 7. The summed E-state index contributed by atoms with van der Waals surface area (Å²) in [4.78, 5) is 39.8. The monoisotopic (exact) mass is 995 g/mol. The number of nitrogens with zero attached hydrogens (tertiary/aromatic N) is 1. The summed E-state index contributed by atoms with van der Waals surface area (Å²) in [5, 5.41) is 3.01. The average Bonchev–Trinajstić information content (AvgIpc) is 3.31. The van der Waals surface area contributed by atoms with Crippen molar-refractivity contribution in [3.05, 3.63) is 24.3 Å². The largest absolute Gasteiger partial charge is 0.756 e. The smallest absolute Gasteiger partial charge is 0.306 e. The van der Waals surface area contributed by atoms with Crippen molar-refractivity contribution in [1.82, 2.24) is 5.32 Å². The van der Waals surface area contributed by atoms with Crippen LogP contribution < -0.4 is 10.2 Å². The van der Waals surface area contributed by atoms with Gasteiger partial charge in [0.2, 0.25) is 5.91 Å². The second-order valence-corrected chi connectivity index (χ2v) is 22.9. The molecule has 0 spiro atoms. The van der Waals surface area contributed by atoms with E-state index in [-0.39, 0.29) is 31.5 Å². The second kappa shape index (κ2) is 50.0. The van der Waals surface area contributed by atoms with Gasteiger partial charge in [-0.2, -0.15) is 0 Å². The lowest BCUT2D eigenvalue weighted by Gasteiger charge is -2.30. The number of nitrogens with one attached hydrogen (secondary N) is 1. The number of likely N-dealkylation sites (N-methyl/N-ethyl adjacent to an activating group) is 1. The lowest BCUT2D eigenvalue weighted by molar-refractivity contribution is -0.870. The van der Waals surface area contributed by atoms with Gasteiger partial charge in [0.15, 0.2) is 0 Å². The summed E-state index contributed by atoms with van der Waals surface area (Å²) in [5.74, 6) is -0.547. The van der Waals surface area contributed by atoms with Crippen LogP contribution in [0.4, 0.5) is 0 Å². The summed E-state index contributed by atoms with van der Waals surface area (Å²) in [6.07, 6.45) is 57.2. The van der Waals surface area contributed by atoms with E-state index in [1.54, 1.807) is 0 Å². The van der Waals surface area contributed by atoms with Gasteiger partial charge in [-0.3, -0.25) is 14.2 Å². The molecule has 9 nitrogen and oxygen atoms in total. The van der Waals surface area contributed by atoms with E-state index in [1.807, 2.05) is 33.3 Å². The molecule has 10 heteroatoms. The first-order valence-corrected chi connectivity index (χ1v) is 31.1. The van der Waals surface area contributed by atoms with Gasteiger partial charge in [0.05, 0.1) is 33.8 Å². The Labute approximate surface area is 428 Å². The molecule has 0 aliphatic heterocycles. The molecule has 0 heterocycles. The molecule has 0 radical (unpaired) electrons. The maximum atomic E-state index is 13.4. The molecule has 0 fully saturated rings. The standard InChI is InChI=1S/C59H115N2O7P/c1-7-10-13-16-19-22-25-27-28-29-30-31-32-34-37-40-43-46-49-52-59(63)68-57(50-47-44-41-38-35-24-21-18-15-12-9-3)56(55-67-69(64,65)66-54-53-61(4,5)6)60-58(62)51-48-45-42-39-36-33-26-23-20-17-14-11-8-2/h33,36,47,50,56-57H,7-32,34-35,37-46,48-49,51-55H2,1-6H3,(H-,60,62,64,65)/b36-33-,50-47-. The Morgan fingerprint density at radius 1 is 0.493 bits per heavy atom. The molecule has 3 atom stereocenters. The first-order chi connectivity index (χ1) is 33.4. The minimum absolute atomic E-state index is 0.0218. The van der Waals surface area contributed by atoms with Crippen LogP contribution in [-0.2, 0) is 27.9 Å². The summed E-state index contributed by atoms with van der Waals surface area (Å²) in [6, 6.07) is -0.889. The van der Waals surface area contributed by atoms with E-state index in [2.05, 4.69) is 38.2 Å². The highest BCUT2D eigenvalue weighted by Crippen LogP contribution is 2.38. The Kier molecular flexibility index (Phi) is 48.9. The minimum Gasteiger partial charge on any atom is -0.756 e. The number of allylic oxidation sites excluding steroid dienone is 3. The first kappa shape index (κ1) is 67.5. The molecule has 0 aromatic rings. The minimum atomic E-state index is -4.69. The maximum absolute atomic E-state index is 13.4. The summed E-state index contributed by atoms with van der Waals surface area (Å²) >= 11 is 0. The summed E-state index contributed by atoms with van der Waals surface area (Å²) in [7, 11) is 1.19. The quantitative estimate of drug-likeness (QED) is 0.0212. The Bertz CT molecular complexity index is 1240. The van der Waals surface area contributed by atoms with E-state index in [1.165, 1.54) is 186 Å². The summed E-state index contributed by atoms with van der Waals surface area (Å²) in [5.41, 5.74) is 0. The molecule has 3 unspecified atom stereocenters. The molecular weight excluding hydrogens is 880 g/mol. The van der Waals surface area contributed by atoms with Crippen LogP contribution in [0.2, 0.25) is 0 Å². The van der Waals surface area contributed by atoms with Crippen molar-refractivity contribution < 1.29 is 37.3 Å². The van der Waals surface area contributed by atoms with Crippen LogP contribution in [0.5, 0.6) is 0 Å². The van der Waals surface area contributed by atoms with E-state index < -0.39 is 20.0 Å². The third-order valence-corrected chi connectivity index (χ3v) is 14.3. The molecule has 0 aromatic carbocycles. The van der Waals surface area contributed by atoms with E-state index >= 15 is 0 Å². The lowest BCUT2D eigenvalue weighted by Crippen LogP contribution is -2.47. The second-order valence-electron chi connectivity index (χ2n) is 21.5. The predicted octanol–water partition coefficient (Wildman–Crippen LogP) is 17.1. The highest BCUT2D eigenvalue weighted by molar-refractivity contribution is 7.45. The third-order valence-electron chi connectivity index (χ3n) is 13.4. The number of ether oxygens (including phenoxy) is 1. The molecule has 0 aliphatic rings. The van der Waals surface area contributed by atoms with Crippen LogP contribution >= 0.6 is 7.82 Å². The zero-order chi connectivity index (χ0) is 50.8. The van der Waals surface area contributed by atoms with Crippen LogP contribution in [0, 0.1) is 0 Å². The fraction of sp³-hybridized carbons (Fsp3) is 0.898. The molecule has 0 aromatic heterocycles. The van der Waals surface area contributed by atoms with Crippen molar-refractivity contribution in [2.24, 2.45) is 0 Å². The van der Waals surface area contributed by atoms with Crippen molar-refractivity contribution in [1.29, 1.82) is 0 Å². The molecule has 0 bridgehead atoms. The molecule has 69 heavy (non-hydrogen) atoms. The molecular formula is C59H115N2O7P. The van der Waals surface area contributed by atoms with Crippen LogP contribution in [0.25, 0.3) is 0 Å². The molecule has 1 amide bonds. The zero-order valence-electron chi connectivity index (χ0n) is 46.5. The zero-order valence-corrected chi connectivity index (χ0v) is 47.4. The first-order valence-electron chi connectivity index (χ1n) is 29.6. The van der Waals surface area contributed by atoms with Crippen LogP contribution in [-0.4, -0.2) is 69.4 Å². The lowest BCUT2D eigenvalue weighted by atomic mass is 10.0. The van der Waals surface area contributed by atoms with E-state index in [4.69, 9.17) is 13.8 Å². The molecule has 0 rings (SSSR count). The molecule has 0 saturated carbocycles. The predicted molar refractivity (Wildman–Crippen MR) is 293 cm³/mol. The maximum Gasteiger partial charge on any atom is 0.306 e. The van der Waals surface area contributed by atoms with E-state index in [9.17, 15) is 19.0 Å². The number of esters is 1. The number of phosphoric acid groups is 1. The van der Waals surface area contributed by atoms with E-state index in [0.717, 1.165) is 70.6 Å². The van der Waals surface area contributed by atoms with Gasteiger partial charge in [0, 0.05) is 12.8 Å². The van der Waals surface area contributed by atoms with Gasteiger partial charge >= 0.3 is 5.97 Å². The fourth-order valence-corrected chi connectivity index (χ4v) is 9.48. The number of phosphoric ester groups is 1. The highest BCUT2D eigenvalue weighted by Gasteiger charge is 2.27. The highest BCUT2D eigenvalue weighted by atomic mass is 31.2. The van der Waals surface area contributed by atoms with Gasteiger partial charge in [-0.05, 0) is 57.4 Å². The molecule has 0 aliphatic carbocycles.